The molecule has 1 aromatic rings. The van der Waals surface area contributed by atoms with Crippen molar-refractivity contribution in [1.82, 2.24) is 5.32 Å². The Labute approximate surface area is 95.9 Å². The number of hydrogen-bond donors (Lipinski definition) is 1. The molecule has 1 fully saturated rings. The lowest BCUT2D eigenvalue weighted by Gasteiger charge is -2.20. The second-order valence-electron chi connectivity index (χ2n) is 4.34. The molecule has 0 aliphatic carbocycles. The Morgan fingerprint density at radius 1 is 1.62 bits per heavy atom. The van der Waals surface area contributed by atoms with Gasteiger partial charge >= 0.3 is 0 Å². The van der Waals surface area contributed by atoms with Gasteiger partial charge < -0.3 is 9.73 Å². The van der Waals surface area contributed by atoms with Crippen LogP contribution in [0.2, 0.25) is 0 Å². The maximum atomic E-state index is 11.4. The third kappa shape index (κ3) is 2.65. The van der Waals surface area contributed by atoms with E-state index < -0.39 is 9.84 Å². The maximum Gasteiger partial charge on any atom is 0.150 e. The van der Waals surface area contributed by atoms with Crippen LogP contribution < -0.4 is 5.32 Å². The van der Waals surface area contributed by atoms with E-state index in [2.05, 4.69) is 5.32 Å². The van der Waals surface area contributed by atoms with Crippen molar-refractivity contribution in [2.75, 3.05) is 18.6 Å². The van der Waals surface area contributed by atoms with Crippen molar-refractivity contribution in [3.63, 3.8) is 0 Å². The van der Waals surface area contributed by atoms with E-state index in [0.717, 1.165) is 18.6 Å². The molecule has 0 aromatic carbocycles. The first-order valence-electron chi connectivity index (χ1n) is 5.51. The highest BCUT2D eigenvalue weighted by Crippen LogP contribution is 2.23. The number of hydrogen-bond acceptors (Lipinski definition) is 4. The normalized spacial score (nSPS) is 25.7. The third-order valence-electron chi connectivity index (χ3n) is 3.21. The summed E-state index contributed by atoms with van der Waals surface area (Å²) < 4.78 is 28.1. The molecule has 5 heteroatoms. The van der Waals surface area contributed by atoms with Gasteiger partial charge in [0.1, 0.15) is 5.76 Å². The number of sulfone groups is 1. The van der Waals surface area contributed by atoms with Gasteiger partial charge in [-0.2, -0.15) is 0 Å². The summed E-state index contributed by atoms with van der Waals surface area (Å²) in [4.78, 5) is 0. The summed E-state index contributed by atoms with van der Waals surface area (Å²) in [7, 11) is -0.927. The van der Waals surface area contributed by atoms with Gasteiger partial charge in [-0.3, -0.25) is 0 Å². The molecule has 2 heterocycles. The van der Waals surface area contributed by atoms with Gasteiger partial charge in [-0.15, -0.1) is 0 Å². The van der Waals surface area contributed by atoms with Crippen LogP contribution in [-0.2, 0) is 16.3 Å². The summed E-state index contributed by atoms with van der Waals surface area (Å²) in [6.07, 6.45) is 3.16. The Hall–Kier alpha value is -0.810. The van der Waals surface area contributed by atoms with E-state index in [1.807, 2.05) is 19.2 Å². The molecule has 1 aliphatic rings. The summed E-state index contributed by atoms with van der Waals surface area (Å²) in [5.41, 5.74) is 0. The fourth-order valence-electron chi connectivity index (χ4n) is 2.29. The number of furan rings is 1. The molecule has 0 spiro atoms. The van der Waals surface area contributed by atoms with Crippen molar-refractivity contribution >= 4 is 9.84 Å². The quantitative estimate of drug-likeness (QED) is 0.851. The van der Waals surface area contributed by atoms with E-state index in [4.69, 9.17) is 4.42 Å². The molecule has 16 heavy (non-hydrogen) atoms. The van der Waals surface area contributed by atoms with Crippen LogP contribution in [0, 0.1) is 5.92 Å². The molecule has 90 valence electrons. The van der Waals surface area contributed by atoms with Crippen molar-refractivity contribution in [2.45, 2.75) is 18.9 Å². The van der Waals surface area contributed by atoms with Gasteiger partial charge in [0.15, 0.2) is 9.84 Å². The van der Waals surface area contributed by atoms with Crippen LogP contribution in [0.25, 0.3) is 0 Å². The lowest BCUT2D eigenvalue weighted by molar-refractivity contribution is 0.372. The van der Waals surface area contributed by atoms with Crippen LogP contribution in [0.3, 0.4) is 0 Å². The molecule has 0 saturated carbocycles. The standard InChI is InChI=1S/C11H17NO3S/c1-12-11(7-10-3-2-5-15-10)9-4-6-16(13,14)8-9/h2-3,5,9,11-12H,4,6-8H2,1H3. The highest BCUT2D eigenvalue weighted by atomic mass is 32.2. The molecule has 1 N–H and O–H groups in total. The number of rotatable bonds is 4. The molecular formula is C11H17NO3S. The van der Waals surface area contributed by atoms with Crippen LogP contribution in [0.1, 0.15) is 12.2 Å². The van der Waals surface area contributed by atoms with Crippen molar-refractivity contribution in [3.05, 3.63) is 24.2 Å². The van der Waals surface area contributed by atoms with Crippen LogP contribution >= 0.6 is 0 Å². The van der Waals surface area contributed by atoms with Crippen molar-refractivity contribution in [1.29, 1.82) is 0 Å². The van der Waals surface area contributed by atoms with Crippen LogP contribution in [0.15, 0.2) is 22.8 Å². The average molecular weight is 243 g/mol. The zero-order valence-corrected chi connectivity index (χ0v) is 10.2. The minimum absolute atomic E-state index is 0.184. The highest BCUT2D eigenvalue weighted by molar-refractivity contribution is 7.91. The Bertz CT molecular complexity index is 424. The maximum absolute atomic E-state index is 11.4. The van der Waals surface area contributed by atoms with Crippen molar-refractivity contribution < 1.29 is 12.8 Å². The number of nitrogens with one attached hydrogen (secondary N) is 1. The molecule has 0 amide bonds. The SMILES string of the molecule is CNC(Cc1ccco1)C1CCS(=O)(=O)C1. The van der Waals surface area contributed by atoms with E-state index >= 15 is 0 Å². The Balaban J connectivity index is 2.01. The fraction of sp³-hybridized carbons (Fsp3) is 0.636. The fourth-order valence-corrected chi connectivity index (χ4v) is 4.17. The van der Waals surface area contributed by atoms with E-state index in [9.17, 15) is 8.42 Å². The molecule has 4 nitrogen and oxygen atoms in total. The minimum Gasteiger partial charge on any atom is -0.469 e. The second-order valence-corrected chi connectivity index (χ2v) is 6.57. The summed E-state index contributed by atoms with van der Waals surface area (Å²) in [5.74, 6) is 1.75. The van der Waals surface area contributed by atoms with Gasteiger partial charge in [0.2, 0.25) is 0 Å². The molecule has 1 saturated heterocycles. The summed E-state index contributed by atoms with van der Waals surface area (Å²) in [6, 6.07) is 3.96. The van der Waals surface area contributed by atoms with Crippen LogP contribution in [0.5, 0.6) is 0 Å². The zero-order valence-electron chi connectivity index (χ0n) is 9.35. The molecule has 2 rings (SSSR count). The van der Waals surface area contributed by atoms with Crippen LogP contribution in [-0.4, -0.2) is 33.0 Å². The van der Waals surface area contributed by atoms with E-state index in [-0.39, 0.29) is 12.0 Å². The van der Waals surface area contributed by atoms with Gasteiger partial charge in [0.25, 0.3) is 0 Å². The zero-order chi connectivity index (χ0) is 11.6. The topological polar surface area (TPSA) is 59.3 Å². The average Bonchev–Trinajstić information content (AvgIpc) is 2.83. The number of likely N-dealkylation sites (N-methyl/N-ethyl adjacent to an activating group) is 1. The first-order valence-corrected chi connectivity index (χ1v) is 7.33. The lowest BCUT2D eigenvalue weighted by Crippen LogP contribution is -2.36. The van der Waals surface area contributed by atoms with Crippen molar-refractivity contribution in [3.8, 4) is 0 Å². The van der Waals surface area contributed by atoms with Gasteiger partial charge in [0, 0.05) is 12.5 Å². The summed E-state index contributed by atoms with van der Waals surface area (Å²) in [5, 5.41) is 3.20. The molecule has 2 unspecified atom stereocenters. The van der Waals surface area contributed by atoms with Gasteiger partial charge in [-0.25, -0.2) is 8.42 Å². The molecule has 0 radical (unpaired) electrons. The van der Waals surface area contributed by atoms with Gasteiger partial charge in [-0.1, -0.05) is 0 Å². The first kappa shape index (κ1) is 11.7. The predicted molar refractivity (Wildman–Crippen MR) is 62.0 cm³/mol. The Kier molecular flexibility index (Phi) is 3.35. The second kappa shape index (κ2) is 4.59. The first-order chi connectivity index (χ1) is 7.61. The predicted octanol–water partition coefficient (Wildman–Crippen LogP) is 0.845. The van der Waals surface area contributed by atoms with E-state index in [0.29, 0.717) is 11.5 Å². The lowest BCUT2D eigenvalue weighted by atomic mass is 9.95. The summed E-state index contributed by atoms with van der Waals surface area (Å²) in [6.45, 7) is 0. The van der Waals surface area contributed by atoms with Crippen molar-refractivity contribution in [2.24, 2.45) is 5.92 Å². The molecule has 0 bridgehead atoms. The molecular weight excluding hydrogens is 226 g/mol. The smallest absolute Gasteiger partial charge is 0.150 e. The molecule has 1 aliphatic heterocycles. The Morgan fingerprint density at radius 3 is 2.94 bits per heavy atom. The molecule has 1 aromatic heterocycles. The third-order valence-corrected chi connectivity index (χ3v) is 5.00. The monoisotopic (exact) mass is 243 g/mol. The van der Waals surface area contributed by atoms with E-state index in [1.165, 1.54) is 0 Å². The summed E-state index contributed by atoms with van der Waals surface area (Å²) >= 11 is 0. The van der Waals surface area contributed by atoms with Gasteiger partial charge in [-0.05, 0) is 31.5 Å². The Morgan fingerprint density at radius 2 is 2.44 bits per heavy atom. The van der Waals surface area contributed by atoms with Gasteiger partial charge in [0.05, 0.1) is 17.8 Å². The van der Waals surface area contributed by atoms with Crippen LogP contribution in [0.4, 0.5) is 0 Å². The van der Waals surface area contributed by atoms with E-state index in [1.54, 1.807) is 6.26 Å². The minimum atomic E-state index is -2.80. The largest absolute Gasteiger partial charge is 0.469 e. The highest BCUT2D eigenvalue weighted by Gasteiger charge is 2.33. The molecule has 2 atom stereocenters.